The summed E-state index contributed by atoms with van der Waals surface area (Å²) >= 11 is 0. The highest BCUT2D eigenvalue weighted by molar-refractivity contribution is 5.51. The maximum atomic E-state index is 5.87. The van der Waals surface area contributed by atoms with Crippen LogP contribution in [0.4, 0.5) is 11.8 Å². The molecule has 5 heteroatoms. The number of nitrogens with two attached hydrogens (primary N) is 2. The first kappa shape index (κ1) is 10.2. The fourth-order valence-electron chi connectivity index (χ4n) is 1.92. The second kappa shape index (κ2) is 3.66. The Morgan fingerprint density at radius 3 is 2.67 bits per heavy atom. The van der Waals surface area contributed by atoms with E-state index in [-0.39, 0.29) is 6.04 Å². The first-order valence-electron chi connectivity index (χ1n) is 5.19. The average Bonchev–Trinajstić information content (AvgIpc) is 2.58. The van der Waals surface area contributed by atoms with Gasteiger partial charge in [-0.25, -0.2) is 4.98 Å². The average molecular weight is 207 g/mol. The Hall–Kier alpha value is -1.36. The largest absolute Gasteiger partial charge is 0.368 e. The molecule has 1 aromatic heterocycles. The van der Waals surface area contributed by atoms with Gasteiger partial charge in [-0.1, -0.05) is 0 Å². The van der Waals surface area contributed by atoms with Crippen LogP contribution in [-0.4, -0.2) is 29.1 Å². The number of aromatic nitrogens is 2. The molecule has 4 N–H and O–H groups in total. The summed E-state index contributed by atoms with van der Waals surface area (Å²) in [4.78, 5) is 10.6. The van der Waals surface area contributed by atoms with E-state index >= 15 is 0 Å². The Bertz CT molecular complexity index is 376. The van der Waals surface area contributed by atoms with E-state index in [9.17, 15) is 0 Å². The molecule has 0 radical (unpaired) electrons. The van der Waals surface area contributed by atoms with Crippen LogP contribution in [0.2, 0.25) is 0 Å². The summed E-state index contributed by atoms with van der Waals surface area (Å²) in [6.07, 6.45) is 1.02. The molecule has 82 valence electrons. The van der Waals surface area contributed by atoms with Crippen molar-refractivity contribution in [1.82, 2.24) is 9.97 Å². The number of aryl methyl sites for hydroxylation is 1. The van der Waals surface area contributed by atoms with E-state index in [1.165, 1.54) is 0 Å². The molecule has 5 nitrogen and oxygen atoms in total. The van der Waals surface area contributed by atoms with Crippen molar-refractivity contribution >= 4 is 11.8 Å². The molecule has 1 fully saturated rings. The van der Waals surface area contributed by atoms with Gasteiger partial charge in [-0.15, -0.1) is 0 Å². The normalized spacial score (nSPS) is 21.0. The molecule has 0 spiro atoms. The van der Waals surface area contributed by atoms with Gasteiger partial charge in [-0.05, 0) is 20.3 Å². The van der Waals surface area contributed by atoms with Gasteiger partial charge in [-0.3, -0.25) is 0 Å². The molecule has 0 saturated carbocycles. The third kappa shape index (κ3) is 1.87. The van der Waals surface area contributed by atoms with Gasteiger partial charge in [0.25, 0.3) is 0 Å². The zero-order chi connectivity index (χ0) is 11.0. The number of hydrogen-bond acceptors (Lipinski definition) is 5. The van der Waals surface area contributed by atoms with Crippen LogP contribution >= 0.6 is 0 Å². The van der Waals surface area contributed by atoms with Crippen LogP contribution in [0, 0.1) is 13.8 Å². The summed E-state index contributed by atoms with van der Waals surface area (Å²) in [5.41, 5.74) is 13.6. The highest BCUT2D eigenvalue weighted by atomic mass is 15.2. The Balaban J connectivity index is 2.35. The lowest BCUT2D eigenvalue weighted by Gasteiger charge is -2.20. The number of hydrogen-bond donors (Lipinski definition) is 2. The Labute approximate surface area is 89.5 Å². The van der Waals surface area contributed by atoms with E-state index in [1.54, 1.807) is 0 Å². The molecule has 0 unspecified atom stereocenters. The fourth-order valence-corrected chi connectivity index (χ4v) is 1.92. The highest BCUT2D eigenvalue weighted by Gasteiger charge is 2.22. The maximum absolute atomic E-state index is 5.87. The molecule has 1 aliphatic rings. The van der Waals surface area contributed by atoms with Crippen LogP contribution in [0.1, 0.15) is 17.7 Å². The molecule has 1 atom stereocenters. The molecule has 1 aromatic rings. The van der Waals surface area contributed by atoms with Gasteiger partial charge in [-0.2, -0.15) is 4.98 Å². The van der Waals surface area contributed by atoms with E-state index < -0.39 is 0 Å². The van der Waals surface area contributed by atoms with Crippen LogP contribution in [-0.2, 0) is 0 Å². The van der Waals surface area contributed by atoms with Crippen LogP contribution < -0.4 is 16.4 Å². The van der Waals surface area contributed by atoms with Crippen molar-refractivity contribution < 1.29 is 0 Å². The molecule has 0 amide bonds. The smallest absolute Gasteiger partial charge is 0.222 e. The van der Waals surface area contributed by atoms with Crippen molar-refractivity contribution in [2.75, 3.05) is 23.7 Å². The Kier molecular flexibility index (Phi) is 2.48. The van der Waals surface area contributed by atoms with Crippen LogP contribution in [0.25, 0.3) is 0 Å². The van der Waals surface area contributed by atoms with Gasteiger partial charge >= 0.3 is 0 Å². The van der Waals surface area contributed by atoms with Crippen molar-refractivity contribution in [3.05, 3.63) is 11.3 Å². The SMILES string of the molecule is Cc1nc(N)nc(N2CC[C@@H](N)C2)c1C. The van der Waals surface area contributed by atoms with E-state index in [4.69, 9.17) is 11.5 Å². The molecule has 2 heterocycles. The minimum Gasteiger partial charge on any atom is -0.368 e. The number of nitrogens with zero attached hydrogens (tertiary/aromatic N) is 3. The van der Waals surface area contributed by atoms with Gasteiger partial charge in [0.2, 0.25) is 5.95 Å². The molecular formula is C10H17N5. The van der Waals surface area contributed by atoms with E-state index in [0.717, 1.165) is 36.6 Å². The Morgan fingerprint density at radius 2 is 2.07 bits per heavy atom. The predicted molar refractivity (Wildman–Crippen MR) is 60.7 cm³/mol. The zero-order valence-corrected chi connectivity index (χ0v) is 9.20. The third-order valence-electron chi connectivity index (χ3n) is 2.91. The first-order chi connectivity index (χ1) is 7.08. The van der Waals surface area contributed by atoms with Crippen molar-refractivity contribution in [3.63, 3.8) is 0 Å². The second-order valence-corrected chi connectivity index (χ2v) is 4.11. The lowest BCUT2D eigenvalue weighted by molar-refractivity contribution is 0.751. The quantitative estimate of drug-likeness (QED) is 0.688. The first-order valence-corrected chi connectivity index (χ1v) is 5.19. The summed E-state index contributed by atoms with van der Waals surface area (Å²) in [6.45, 7) is 5.79. The Morgan fingerprint density at radius 1 is 1.33 bits per heavy atom. The minimum absolute atomic E-state index is 0.251. The summed E-state index contributed by atoms with van der Waals surface area (Å²) in [6, 6.07) is 0.251. The molecule has 1 aliphatic heterocycles. The van der Waals surface area contributed by atoms with Gasteiger partial charge < -0.3 is 16.4 Å². The van der Waals surface area contributed by atoms with E-state index in [0.29, 0.717) is 5.95 Å². The third-order valence-corrected chi connectivity index (χ3v) is 2.91. The van der Waals surface area contributed by atoms with Crippen molar-refractivity contribution in [2.24, 2.45) is 5.73 Å². The second-order valence-electron chi connectivity index (χ2n) is 4.11. The van der Waals surface area contributed by atoms with Gasteiger partial charge in [0, 0.05) is 30.4 Å². The molecule has 2 rings (SSSR count). The topological polar surface area (TPSA) is 81.1 Å². The zero-order valence-electron chi connectivity index (χ0n) is 9.20. The lowest BCUT2D eigenvalue weighted by Crippen LogP contribution is -2.28. The number of anilines is 2. The summed E-state index contributed by atoms with van der Waals surface area (Å²) in [7, 11) is 0. The molecule has 1 saturated heterocycles. The van der Waals surface area contributed by atoms with Gasteiger partial charge in [0.1, 0.15) is 5.82 Å². The van der Waals surface area contributed by atoms with E-state index in [1.807, 2.05) is 13.8 Å². The van der Waals surface area contributed by atoms with Crippen LogP contribution in [0.15, 0.2) is 0 Å². The van der Waals surface area contributed by atoms with Crippen LogP contribution in [0.3, 0.4) is 0 Å². The van der Waals surface area contributed by atoms with Crippen LogP contribution in [0.5, 0.6) is 0 Å². The van der Waals surface area contributed by atoms with Crippen molar-refractivity contribution in [1.29, 1.82) is 0 Å². The summed E-state index contributed by atoms with van der Waals surface area (Å²) in [5, 5.41) is 0. The monoisotopic (exact) mass is 207 g/mol. The maximum Gasteiger partial charge on any atom is 0.222 e. The van der Waals surface area contributed by atoms with Crippen molar-refractivity contribution in [2.45, 2.75) is 26.3 Å². The molecular weight excluding hydrogens is 190 g/mol. The van der Waals surface area contributed by atoms with Gasteiger partial charge in [0.05, 0.1) is 0 Å². The number of nitrogen functional groups attached to an aromatic ring is 1. The predicted octanol–water partition coefficient (Wildman–Crippen LogP) is 0.213. The standard InChI is InChI=1S/C10H17N5/c1-6-7(2)13-10(12)14-9(6)15-4-3-8(11)5-15/h8H,3-5,11H2,1-2H3,(H2,12,13,14)/t8-/m1/s1. The number of rotatable bonds is 1. The molecule has 0 aliphatic carbocycles. The van der Waals surface area contributed by atoms with Gasteiger partial charge in [0.15, 0.2) is 0 Å². The lowest BCUT2D eigenvalue weighted by atomic mass is 10.2. The fraction of sp³-hybridized carbons (Fsp3) is 0.600. The molecule has 0 bridgehead atoms. The summed E-state index contributed by atoms with van der Waals surface area (Å²) in [5.74, 6) is 1.28. The molecule has 15 heavy (non-hydrogen) atoms. The molecule has 0 aromatic carbocycles. The highest BCUT2D eigenvalue weighted by Crippen LogP contribution is 2.23. The minimum atomic E-state index is 0.251. The van der Waals surface area contributed by atoms with E-state index in [2.05, 4.69) is 14.9 Å². The summed E-state index contributed by atoms with van der Waals surface area (Å²) < 4.78 is 0. The van der Waals surface area contributed by atoms with Crippen molar-refractivity contribution in [3.8, 4) is 0 Å².